The molecule has 0 aromatic carbocycles. The van der Waals surface area contributed by atoms with Gasteiger partial charge in [-0.2, -0.15) is 0 Å². The molecule has 0 aliphatic heterocycles. The van der Waals surface area contributed by atoms with Crippen LogP contribution in [0.2, 0.25) is 0 Å². The summed E-state index contributed by atoms with van der Waals surface area (Å²) in [6.45, 7) is 4.29. The van der Waals surface area contributed by atoms with Gasteiger partial charge in [0.15, 0.2) is 0 Å². The fourth-order valence-electron chi connectivity index (χ4n) is 1.59. The second-order valence-electron chi connectivity index (χ2n) is 4.32. The van der Waals surface area contributed by atoms with Crippen LogP contribution >= 0.6 is 0 Å². The van der Waals surface area contributed by atoms with E-state index in [-0.39, 0.29) is 18.5 Å². The Morgan fingerprint density at radius 3 is 2.56 bits per heavy atom. The Kier molecular flexibility index (Phi) is 4.73. The van der Waals surface area contributed by atoms with Crippen LogP contribution in [0.3, 0.4) is 0 Å². The van der Waals surface area contributed by atoms with Gasteiger partial charge in [-0.3, -0.25) is 14.5 Å². The number of hydrogen-bond donors (Lipinski definition) is 2. The number of carboxylic acid groups (broad SMARTS) is 1. The molecule has 1 atom stereocenters. The molecule has 1 aliphatic carbocycles. The largest absolute Gasteiger partial charge is 0.480 e. The van der Waals surface area contributed by atoms with Crippen LogP contribution in [0.25, 0.3) is 0 Å². The molecule has 0 aromatic heterocycles. The monoisotopic (exact) mass is 228 g/mol. The summed E-state index contributed by atoms with van der Waals surface area (Å²) < 4.78 is 0. The number of nitrogens with zero attached hydrogens (tertiary/aromatic N) is 1. The van der Waals surface area contributed by atoms with Crippen molar-refractivity contribution in [3.05, 3.63) is 0 Å². The number of aliphatic carboxylic acids is 1. The normalized spacial score (nSPS) is 17.2. The first-order valence-electron chi connectivity index (χ1n) is 5.80. The quantitative estimate of drug-likeness (QED) is 0.664. The standard InChI is InChI=1S/C11H20N2O3/c1-3-6-13(7-10(14)15)8(2)11(16)12-9-4-5-9/h8-9H,3-7H2,1-2H3,(H,12,16)(H,14,15). The molecule has 1 fully saturated rings. The minimum atomic E-state index is -0.889. The summed E-state index contributed by atoms with van der Waals surface area (Å²) in [4.78, 5) is 24.1. The molecule has 92 valence electrons. The average Bonchev–Trinajstić information content (AvgIpc) is 2.99. The van der Waals surface area contributed by atoms with Gasteiger partial charge < -0.3 is 10.4 Å². The highest BCUT2D eigenvalue weighted by molar-refractivity contribution is 5.82. The minimum absolute atomic E-state index is 0.0581. The molecular formula is C11H20N2O3. The first-order chi connectivity index (χ1) is 7.54. The number of rotatable bonds is 7. The smallest absolute Gasteiger partial charge is 0.317 e. The summed E-state index contributed by atoms with van der Waals surface area (Å²) in [5.41, 5.74) is 0. The predicted octanol–water partition coefficient (Wildman–Crippen LogP) is 0.450. The van der Waals surface area contributed by atoms with Crippen molar-refractivity contribution in [1.29, 1.82) is 0 Å². The fraction of sp³-hybridized carbons (Fsp3) is 0.818. The lowest BCUT2D eigenvalue weighted by Crippen LogP contribution is -2.47. The highest BCUT2D eigenvalue weighted by atomic mass is 16.4. The van der Waals surface area contributed by atoms with Gasteiger partial charge in [0.1, 0.15) is 0 Å². The first kappa shape index (κ1) is 13.0. The summed E-state index contributed by atoms with van der Waals surface area (Å²) in [7, 11) is 0. The highest BCUT2D eigenvalue weighted by Gasteiger charge is 2.28. The highest BCUT2D eigenvalue weighted by Crippen LogP contribution is 2.19. The van der Waals surface area contributed by atoms with E-state index in [9.17, 15) is 9.59 Å². The molecule has 0 bridgehead atoms. The van der Waals surface area contributed by atoms with Crippen LogP contribution in [0.4, 0.5) is 0 Å². The lowest BCUT2D eigenvalue weighted by Gasteiger charge is -2.26. The zero-order valence-corrected chi connectivity index (χ0v) is 9.90. The Labute approximate surface area is 95.8 Å². The Balaban J connectivity index is 2.46. The van der Waals surface area contributed by atoms with E-state index in [1.165, 1.54) is 0 Å². The van der Waals surface area contributed by atoms with Crippen LogP contribution in [0, 0.1) is 0 Å². The summed E-state index contributed by atoms with van der Waals surface area (Å²) in [6.07, 6.45) is 2.94. The van der Waals surface area contributed by atoms with Crippen LogP contribution in [-0.2, 0) is 9.59 Å². The zero-order chi connectivity index (χ0) is 12.1. The van der Waals surface area contributed by atoms with Crippen molar-refractivity contribution in [3.8, 4) is 0 Å². The number of carbonyl (C=O) groups excluding carboxylic acids is 1. The number of carboxylic acids is 1. The van der Waals surface area contributed by atoms with Crippen molar-refractivity contribution >= 4 is 11.9 Å². The maximum absolute atomic E-state index is 11.7. The lowest BCUT2D eigenvalue weighted by atomic mass is 10.2. The van der Waals surface area contributed by atoms with Crippen LogP contribution in [0.15, 0.2) is 0 Å². The molecule has 0 heterocycles. The molecular weight excluding hydrogens is 208 g/mol. The van der Waals surface area contributed by atoms with Crippen LogP contribution in [-0.4, -0.2) is 47.1 Å². The Morgan fingerprint density at radius 2 is 2.12 bits per heavy atom. The summed E-state index contributed by atoms with van der Waals surface area (Å²) >= 11 is 0. The van der Waals surface area contributed by atoms with E-state index in [0.29, 0.717) is 12.6 Å². The third-order valence-corrected chi connectivity index (χ3v) is 2.70. The minimum Gasteiger partial charge on any atom is -0.480 e. The van der Waals surface area contributed by atoms with E-state index in [2.05, 4.69) is 5.32 Å². The molecule has 5 heteroatoms. The number of nitrogens with one attached hydrogen (secondary N) is 1. The van der Waals surface area contributed by atoms with E-state index >= 15 is 0 Å². The SMILES string of the molecule is CCCN(CC(=O)O)C(C)C(=O)NC1CC1. The third kappa shape index (κ3) is 4.18. The molecule has 16 heavy (non-hydrogen) atoms. The van der Waals surface area contributed by atoms with E-state index < -0.39 is 5.97 Å². The van der Waals surface area contributed by atoms with Crippen LogP contribution < -0.4 is 5.32 Å². The molecule has 0 aromatic rings. The topological polar surface area (TPSA) is 69.6 Å². The molecule has 0 radical (unpaired) electrons. The van der Waals surface area contributed by atoms with Gasteiger partial charge in [0.25, 0.3) is 0 Å². The van der Waals surface area contributed by atoms with Gasteiger partial charge in [-0.05, 0) is 32.7 Å². The van der Waals surface area contributed by atoms with Crippen molar-refractivity contribution < 1.29 is 14.7 Å². The molecule has 5 nitrogen and oxygen atoms in total. The second kappa shape index (κ2) is 5.84. The number of carbonyl (C=O) groups is 2. The molecule has 1 saturated carbocycles. The summed E-state index contributed by atoms with van der Waals surface area (Å²) in [5.74, 6) is -0.947. The molecule has 1 amide bonds. The molecule has 2 N–H and O–H groups in total. The summed E-state index contributed by atoms with van der Waals surface area (Å²) in [6, 6.07) is -0.0418. The van der Waals surface area contributed by atoms with E-state index in [1.807, 2.05) is 6.92 Å². The van der Waals surface area contributed by atoms with Crippen molar-refractivity contribution in [2.45, 2.75) is 45.2 Å². The first-order valence-corrected chi connectivity index (χ1v) is 5.80. The molecule has 1 rings (SSSR count). The maximum Gasteiger partial charge on any atom is 0.317 e. The second-order valence-corrected chi connectivity index (χ2v) is 4.32. The van der Waals surface area contributed by atoms with Crippen molar-refractivity contribution in [3.63, 3.8) is 0 Å². The van der Waals surface area contributed by atoms with Crippen LogP contribution in [0.5, 0.6) is 0 Å². The van der Waals surface area contributed by atoms with Gasteiger partial charge in [0.2, 0.25) is 5.91 Å². The van der Waals surface area contributed by atoms with E-state index in [1.54, 1.807) is 11.8 Å². The van der Waals surface area contributed by atoms with Crippen molar-refractivity contribution in [1.82, 2.24) is 10.2 Å². The van der Waals surface area contributed by atoms with Crippen LogP contribution in [0.1, 0.15) is 33.1 Å². The Hall–Kier alpha value is -1.10. The van der Waals surface area contributed by atoms with Gasteiger partial charge in [0, 0.05) is 6.04 Å². The average molecular weight is 228 g/mol. The Bertz CT molecular complexity index is 264. The molecule has 1 unspecified atom stereocenters. The summed E-state index contributed by atoms with van der Waals surface area (Å²) in [5, 5.41) is 11.7. The Morgan fingerprint density at radius 1 is 1.50 bits per heavy atom. The van der Waals surface area contributed by atoms with Crippen molar-refractivity contribution in [2.75, 3.05) is 13.1 Å². The molecule has 1 aliphatic rings. The maximum atomic E-state index is 11.7. The number of amides is 1. The van der Waals surface area contributed by atoms with Gasteiger partial charge in [0.05, 0.1) is 12.6 Å². The van der Waals surface area contributed by atoms with E-state index in [0.717, 1.165) is 19.3 Å². The van der Waals surface area contributed by atoms with Gasteiger partial charge in [-0.1, -0.05) is 6.92 Å². The van der Waals surface area contributed by atoms with Gasteiger partial charge in [-0.25, -0.2) is 0 Å². The van der Waals surface area contributed by atoms with Gasteiger partial charge in [-0.15, -0.1) is 0 Å². The van der Waals surface area contributed by atoms with E-state index in [4.69, 9.17) is 5.11 Å². The number of hydrogen-bond acceptors (Lipinski definition) is 3. The lowest BCUT2D eigenvalue weighted by molar-refractivity contribution is -0.139. The third-order valence-electron chi connectivity index (χ3n) is 2.70. The van der Waals surface area contributed by atoms with Gasteiger partial charge >= 0.3 is 5.97 Å². The predicted molar refractivity (Wildman–Crippen MR) is 60.1 cm³/mol. The molecule has 0 saturated heterocycles. The molecule has 0 spiro atoms. The van der Waals surface area contributed by atoms with Crippen molar-refractivity contribution in [2.24, 2.45) is 0 Å². The zero-order valence-electron chi connectivity index (χ0n) is 9.90. The fourth-order valence-corrected chi connectivity index (χ4v) is 1.59.